The molecule has 20 heavy (non-hydrogen) atoms. The van der Waals surface area contributed by atoms with Gasteiger partial charge >= 0.3 is 0 Å². The average Bonchev–Trinajstić information content (AvgIpc) is 2.81. The quantitative estimate of drug-likeness (QED) is 0.660. The van der Waals surface area contributed by atoms with Crippen molar-refractivity contribution in [1.82, 2.24) is 14.5 Å². The number of halogens is 2. The van der Waals surface area contributed by atoms with Crippen LogP contribution in [0.25, 0.3) is 22.6 Å². The van der Waals surface area contributed by atoms with E-state index >= 15 is 0 Å². The number of nitrogens with two attached hydrogens (primary N) is 1. The van der Waals surface area contributed by atoms with Crippen molar-refractivity contribution in [3.63, 3.8) is 0 Å². The topological polar surface area (TPSA) is 56.7 Å². The first-order chi connectivity index (χ1) is 9.61. The molecule has 0 aliphatic carbocycles. The van der Waals surface area contributed by atoms with Gasteiger partial charge in [0.1, 0.15) is 11.3 Å². The highest BCUT2D eigenvalue weighted by Gasteiger charge is 2.16. The number of hydrogen-bond acceptors (Lipinski definition) is 3. The molecule has 4 nitrogen and oxygen atoms in total. The molecule has 2 heterocycles. The number of nitrogen functional groups attached to an aromatic ring is 1. The smallest absolute Gasteiger partial charge is 0.160 e. The first-order valence-corrected chi connectivity index (χ1v) is 7.76. The van der Waals surface area contributed by atoms with Gasteiger partial charge in [-0.1, -0.05) is 15.9 Å². The lowest BCUT2D eigenvalue weighted by atomic mass is 10.1. The number of aromatic nitrogens is 3. The molecule has 0 aliphatic heterocycles. The summed E-state index contributed by atoms with van der Waals surface area (Å²) in [7, 11) is 0. The van der Waals surface area contributed by atoms with Gasteiger partial charge in [0, 0.05) is 27.3 Å². The van der Waals surface area contributed by atoms with Gasteiger partial charge in [0.2, 0.25) is 0 Å². The van der Waals surface area contributed by atoms with Crippen molar-refractivity contribution in [3.8, 4) is 11.4 Å². The van der Waals surface area contributed by atoms with E-state index in [0.717, 1.165) is 38.0 Å². The molecule has 0 amide bonds. The van der Waals surface area contributed by atoms with Crippen molar-refractivity contribution >= 4 is 48.7 Å². The highest BCUT2D eigenvalue weighted by molar-refractivity contribution is 9.11. The molecule has 0 saturated carbocycles. The Morgan fingerprint density at radius 2 is 2.10 bits per heavy atom. The third-order valence-corrected chi connectivity index (χ3v) is 4.27. The number of aryl methyl sites for hydroxylation is 1. The molecule has 0 unspecified atom stereocenters. The highest BCUT2D eigenvalue weighted by Crippen LogP contribution is 2.35. The predicted molar refractivity (Wildman–Crippen MR) is 88.5 cm³/mol. The zero-order valence-corrected chi connectivity index (χ0v) is 13.9. The summed E-state index contributed by atoms with van der Waals surface area (Å²) in [4.78, 5) is 9.08. The molecule has 0 saturated heterocycles. The lowest BCUT2D eigenvalue weighted by molar-refractivity contribution is 0.787. The van der Waals surface area contributed by atoms with Crippen molar-refractivity contribution in [2.24, 2.45) is 0 Å². The number of rotatable bonds is 2. The van der Waals surface area contributed by atoms with E-state index in [1.54, 1.807) is 6.20 Å². The second kappa shape index (κ2) is 5.18. The molecular formula is C14H12Br2N4. The molecule has 1 aromatic carbocycles. The Morgan fingerprint density at radius 1 is 1.30 bits per heavy atom. The van der Waals surface area contributed by atoms with Gasteiger partial charge in [-0.25, -0.2) is 9.97 Å². The summed E-state index contributed by atoms with van der Waals surface area (Å²) < 4.78 is 3.88. The zero-order valence-electron chi connectivity index (χ0n) is 10.8. The minimum atomic E-state index is 0.679. The molecule has 0 atom stereocenters. The Morgan fingerprint density at radius 3 is 2.85 bits per heavy atom. The summed E-state index contributed by atoms with van der Waals surface area (Å²) in [5, 5.41) is 0. The van der Waals surface area contributed by atoms with Gasteiger partial charge in [-0.15, -0.1) is 0 Å². The standard InChI is InChI=1S/C14H12Br2N4/c1-2-20-13(19-11-4-3-5-18-14(11)20)9-6-8(15)7-10(16)12(9)17/h3-7H,2,17H2,1H3. The number of hydrogen-bond donors (Lipinski definition) is 1. The molecule has 102 valence electrons. The van der Waals surface area contributed by atoms with Crippen LogP contribution in [-0.2, 0) is 6.54 Å². The summed E-state index contributed by atoms with van der Waals surface area (Å²) in [5.41, 5.74) is 9.51. The van der Waals surface area contributed by atoms with Crippen LogP contribution in [0.4, 0.5) is 5.69 Å². The van der Waals surface area contributed by atoms with Crippen LogP contribution in [0, 0.1) is 0 Å². The second-order valence-corrected chi connectivity index (χ2v) is 6.14. The Bertz CT molecular complexity index is 795. The zero-order chi connectivity index (χ0) is 14.3. The van der Waals surface area contributed by atoms with E-state index < -0.39 is 0 Å². The van der Waals surface area contributed by atoms with E-state index in [4.69, 9.17) is 5.73 Å². The molecule has 0 aliphatic rings. The minimum Gasteiger partial charge on any atom is -0.397 e. The first kappa shape index (κ1) is 13.6. The minimum absolute atomic E-state index is 0.679. The summed E-state index contributed by atoms with van der Waals surface area (Å²) in [6.45, 7) is 2.86. The molecule has 0 bridgehead atoms. The lowest BCUT2D eigenvalue weighted by Gasteiger charge is -2.10. The van der Waals surface area contributed by atoms with E-state index in [0.29, 0.717) is 5.69 Å². The van der Waals surface area contributed by atoms with E-state index in [1.165, 1.54) is 0 Å². The summed E-state index contributed by atoms with van der Waals surface area (Å²) >= 11 is 6.97. The molecular weight excluding hydrogens is 384 g/mol. The van der Waals surface area contributed by atoms with Gasteiger partial charge in [-0.2, -0.15) is 0 Å². The second-order valence-electron chi connectivity index (χ2n) is 4.37. The lowest BCUT2D eigenvalue weighted by Crippen LogP contribution is -2.01. The number of benzene rings is 1. The molecule has 2 N–H and O–H groups in total. The third-order valence-electron chi connectivity index (χ3n) is 3.16. The molecule has 3 aromatic rings. The Kier molecular flexibility index (Phi) is 3.52. The van der Waals surface area contributed by atoms with Gasteiger partial charge < -0.3 is 10.3 Å². The fourth-order valence-corrected chi connectivity index (χ4v) is 3.46. The fourth-order valence-electron chi connectivity index (χ4n) is 2.23. The number of pyridine rings is 1. The van der Waals surface area contributed by atoms with Crippen molar-refractivity contribution in [1.29, 1.82) is 0 Å². The average molecular weight is 396 g/mol. The Labute approximate surface area is 133 Å². The molecule has 0 spiro atoms. The summed E-state index contributed by atoms with van der Waals surface area (Å²) in [6.07, 6.45) is 1.78. The van der Waals surface area contributed by atoms with E-state index in [9.17, 15) is 0 Å². The maximum absolute atomic E-state index is 6.19. The van der Waals surface area contributed by atoms with Crippen molar-refractivity contribution in [2.45, 2.75) is 13.5 Å². The Hall–Kier alpha value is -1.40. The van der Waals surface area contributed by atoms with Gasteiger partial charge in [-0.05, 0) is 47.1 Å². The van der Waals surface area contributed by atoms with Crippen LogP contribution in [0.1, 0.15) is 6.92 Å². The molecule has 2 aromatic heterocycles. The van der Waals surface area contributed by atoms with Gasteiger partial charge in [-0.3, -0.25) is 0 Å². The largest absolute Gasteiger partial charge is 0.397 e. The van der Waals surface area contributed by atoms with Crippen LogP contribution in [0.5, 0.6) is 0 Å². The maximum Gasteiger partial charge on any atom is 0.160 e. The van der Waals surface area contributed by atoms with Crippen LogP contribution in [0.2, 0.25) is 0 Å². The third kappa shape index (κ3) is 2.13. The molecule has 3 rings (SSSR count). The maximum atomic E-state index is 6.19. The van der Waals surface area contributed by atoms with Crippen molar-refractivity contribution in [3.05, 3.63) is 39.4 Å². The van der Waals surface area contributed by atoms with Crippen LogP contribution < -0.4 is 5.73 Å². The van der Waals surface area contributed by atoms with Crippen molar-refractivity contribution in [2.75, 3.05) is 5.73 Å². The van der Waals surface area contributed by atoms with Gasteiger partial charge in [0.25, 0.3) is 0 Å². The number of nitrogens with zero attached hydrogens (tertiary/aromatic N) is 3. The highest BCUT2D eigenvalue weighted by atomic mass is 79.9. The number of imidazole rings is 1. The van der Waals surface area contributed by atoms with Crippen LogP contribution in [0.3, 0.4) is 0 Å². The summed E-state index contributed by atoms with van der Waals surface area (Å²) in [5.74, 6) is 0.834. The van der Waals surface area contributed by atoms with Gasteiger partial charge in [0.15, 0.2) is 5.65 Å². The SMILES string of the molecule is CCn1c(-c2cc(Br)cc(Br)c2N)nc2cccnc21. The molecule has 6 heteroatoms. The normalized spacial score (nSPS) is 11.2. The van der Waals surface area contributed by atoms with Gasteiger partial charge in [0.05, 0.1) is 5.69 Å². The monoisotopic (exact) mass is 394 g/mol. The van der Waals surface area contributed by atoms with Crippen LogP contribution >= 0.6 is 31.9 Å². The van der Waals surface area contributed by atoms with E-state index in [-0.39, 0.29) is 0 Å². The Balaban J connectivity index is 2.35. The predicted octanol–water partition coefficient (Wildman–Crippen LogP) is 4.23. The number of fused-ring (bicyclic) bond motifs is 1. The number of anilines is 1. The van der Waals surface area contributed by atoms with Crippen molar-refractivity contribution < 1.29 is 0 Å². The first-order valence-electron chi connectivity index (χ1n) is 6.18. The molecule has 0 fully saturated rings. The molecule has 0 radical (unpaired) electrons. The fraction of sp³-hybridized carbons (Fsp3) is 0.143. The van der Waals surface area contributed by atoms with Crippen LogP contribution in [-0.4, -0.2) is 14.5 Å². The van der Waals surface area contributed by atoms with Crippen LogP contribution in [0.15, 0.2) is 39.4 Å². The van der Waals surface area contributed by atoms with E-state index in [1.807, 2.05) is 24.3 Å². The summed E-state index contributed by atoms with van der Waals surface area (Å²) in [6, 6.07) is 7.75. The van der Waals surface area contributed by atoms with E-state index in [2.05, 4.69) is 53.3 Å².